The molecule has 3 aliphatic rings. The van der Waals surface area contributed by atoms with E-state index in [1.807, 2.05) is 24.3 Å². The minimum atomic E-state index is -0.782. The maximum atomic E-state index is 12.5. The molecule has 178 valence electrons. The molecule has 3 N–H and O–H groups in total. The van der Waals surface area contributed by atoms with Gasteiger partial charge in [0.05, 0.1) is 5.92 Å². The van der Waals surface area contributed by atoms with E-state index in [9.17, 15) is 19.5 Å². The fraction of sp³-hybridized carbons (Fsp3) is 0.444. The normalized spacial score (nSPS) is 25.1. The van der Waals surface area contributed by atoms with Crippen molar-refractivity contribution in [3.8, 4) is 11.1 Å². The number of benzene rings is 2. The van der Waals surface area contributed by atoms with Crippen molar-refractivity contribution in [3.05, 3.63) is 59.7 Å². The number of hydrogen-bond donors (Lipinski definition) is 3. The molecule has 5 rings (SSSR count). The molecule has 0 saturated heterocycles. The lowest BCUT2D eigenvalue weighted by Gasteiger charge is -2.27. The highest BCUT2D eigenvalue weighted by Gasteiger charge is 2.44. The number of alkyl carbamates (subject to hydrolysis) is 1. The van der Waals surface area contributed by atoms with Crippen molar-refractivity contribution in [2.75, 3.05) is 13.2 Å². The predicted molar refractivity (Wildman–Crippen MR) is 126 cm³/mol. The smallest absolute Gasteiger partial charge is 0.407 e. The summed E-state index contributed by atoms with van der Waals surface area (Å²) >= 11 is 0. The van der Waals surface area contributed by atoms with E-state index in [2.05, 4.69) is 34.9 Å². The molecular weight excluding hydrogens is 432 g/mol. The van der Waals surface area contributed by atoms with Crippen LogP contribution < -0.4 is 10.6 Å². The third kappa shape index (κ3) is 4.65. The topological polar surface area (TPSA) is 105 Å². The highest BCUT2D eigenvalue weighted by molar-refractivity contribution is 5.82. The number of amides is 2. The van der Waals surface area contributed by atoms with Gasteiger partial charge in [0.25, 0.3) is 0 Å². The van der Waals surface area contributed by atoms with Gasteiger partial charge in [-0.15, -0.1) is 0 Å². The molecule has 2 aromatic rings. The second-order valence-corrected chi connectivity index (χ2v) is 9.72. The van der Waals surface area contributed by atoms with Crippen LogP contribution in [0.25, 0.3) is 11.1 Å². The molecule has 0 aliphatic heterocycles. The molecular formula is C27H30N2O5. The van der Waals surface area contributed by atoms with Crippen molar-refractivity contribution in [2.24, 2.45) is 17.8 Å². The monoisotopic (exact) mass is 462 g/mol. The molecule has 0 bridgehead atoms. The zero-order valence-corrected chi connectivity index (χ0v) is 19.0. The van der Waals surface area contributed by atoms with Crippen molar-refractivity contribution in [1.29, 1.82) is 0 Å². The number of rotatable bonds is 7. The number of aliphatic carboxylic acids is 1. The Labute approximate surface area is 198 Å². The van der Waals surface area contributed by atoms with Gasteiger partial charge < -0.3 is 20.5 Å². The minimum Gasteiger partial charge on any atom is -0.481 e. The Bertz CT molecular complexity index is 1050. The van der Waals surface area contributed by atoms with Crippen molar-refractivity contribution in [1.82, 2.24) is 10.6 Å². The Morgan fingerprint density at radius 2 is 1.62 bits per heavy atom. The van der Waals surface area contributed by atoms with E-state index in [1.54, 1.807) is 0 Å². The molecule has 7 nitrogen and oxygen atoms in total. The highest BCUT2D eigenvalue weighted by atomic mass is 16.5. The van der Waals surface area contributed by atoms with E-state index in [4.69, 9.17) is 4.74 Å². The number of ether oxygens (including phenoxy) is 1. The van der Waals surface area contributed by atoms with Crippen LogP contribution in [0.5, 0.6) is 0 Å². The van der Waals surface area contributed by atoms with Gasteiger partial charge in [0.1, 0.15) is 6.61 Å². The maximum absolute atomic E-state index is 12.5. The number of carboxylic acids is 1. The van der Waals surface area contributed by atoms with Crippen molar-refractivity contribution in [3.63, 3.8) is 0 Å². The van der Waals surface area contributed by atoms with Gasteiger partial charge in [-0.2, -0.15) is 0 Å². The van der Waals surface area contributed by atoms with Crippen LogP contribution >= 0.6 is 0 Å². The molecule has 7 heteroatoms. The predicted octanol–water partition coefficient (Wildman–Crippen LogP) is 3.92. The van der Waals surface area contributed by atoms with E-state index in [0.29, 0.717) is 19.4 Å². The first kappa shape index (κ1) is 22.4. The van der Waals surface area contributed by atoms with Crippen LogP contribution in [0.3, 0.4) is 0 Å². The van der Waals surface area contributed by atoms with Gasteiger partial charge in [0.2, 0.25) is 5.91 Å². The van der Waals surface area contributed by atoms with Crippen LogP contribution in [0.4, 0.5) is 4.79 Å². The summed E-state index contributed by atoms with van der Waals surface area (Å²) in [6.07, 6.45) is 3.08. The Kier molecular flexibility index (Phi) is 6.26. The van der Waals surface area contributed by atoms with Crippen LogP contribution in [-0.2, 0) is 14.3 Å². The van der Waals surface area contributed by atoms with Crippen LogP contribution in [0.15, 0.2) is 48.5 Å². The number of carbonyl (C=O) groups excluding carboxylic acids is 2. The van der Waals surface area contributed by atoms with Gasteiger partial charge in [-0.3, -0.25) is 9.59 Å². The number of nitrogens with one attached hydrogen (secondary N) is 2. The molecule has 2 fully saturated rings. The van der Waals surface area contributed by atoms with E-state index in [-0.39, 0.29) is 42.2 Å². The lowest BCUT2D eigenvalue weighted by atomic mass is 9.85. The highest BCUT2D eigenvalue weighted by Crippen LogP contribution is 2.44. The first-order valence-corrected chi connectivity index (χ1v) is 12.1. The fourth-order valence-electron chi connectivity index (χ4n) is 5.51. The Morgan fingerprint density at radius 1 is 0.941 bits per heavy atom. The van der Waals surface area contributed by atoms with Crippen molar-refractivity contribution in [2.45, 2.75) is 44.1 Å². The summed E-state index contributed by atoms with van der Waals surface area (Å²) in [7, 11) is 0. The molecule has 3 aliphatic carbocycles. The van der Waals surface area contributed by atoms with Crippen molar-refractivity contribution >= 4 is 18.0 Å². The third-order valence-corrected chi connectivity index (χ3v) is 7.48. The van der Waals surface area contributed by atoms with E-state index in [0.717, 1.165) is 19.3 Å². The summed E-state index contributed by atoms with van der Waals surface area (Å²) in [4.78, 5) is 36.1. The minimum absolute atomic E-state index is 0.0164. The Balaban J connectivity index is 1.07. The summed E-state index contributed by atoms with van der Waals surface area (Å²) in [5, 5.41) is 15.0. The molecule has 4 atom stereocenters. The first-order valence-electron chi connectivity index (χ1n) is 12.1. The second kappa shape index (κ2) is 9.49. The van der Waals surface area contributed by atoms with Crippen LogP contribution in [-0.4, -0.2) is 42.3 Å². The molecule has 0 heterocycles. The van der Waals surface area contributed by atoms with Gasteiger partial charge >= 0.3 is 12.1 Å². The number of carboxylic acid groups (broad SMARTS) is 1. The lowest BCUT2D eigenvalue weighted by Crippen LogP contribution is -2.41. The first-order chi connectivity index (χ1) is 16.5. The van der Waals surface area contributed by atoms with Gasteiger partial charge in [0, 0.05) is 24.4 Å². The quantitative estimate of drug-likeness (QED) is 0.579. The Hall–Kier alpha value is -3.35. The molecule has 2 saturated carbocycles. The fourth-order valence-corrected chi connectivity index (χ4v) is 5.51. The van der Waals surface area contributed by atoms with Gasteiger partial charge in [-0.25, -0.2) is 4.79 Å². The van der Waals surface area contributed by atoms with Crippen LogP contribution in [0.1, 0.15) is 49.1 Å². The largest absolute Gasteiger partial charge is 0.481 e. The zero-order valence-electron chi connectivity index (χ0n) is 19.0. The van der Waals surface area contributed by atoms with E-state index >= 15 is 0 Å². The van der Waals surface area contributed by atoms with Gasteiger partial charge in [-0.05, 0) is 53.9 Å². The van der Waals surface area contributed by atoms with Crippen molar-refractivity contribution < 1.29 is 24.2 Å². The summed E-state index contributed by atoms with van der Waals surface area (Å²) in [5.74, 6) is -1.20. The summed E-state index contributed by atoms with van der Waals surface area (Å²) in [6, 6.07) is 16.3. The molecule has 0 radical (unpaired) electrons. The zero-order chi connectivity index (χ0) is 23.7. The summed E-state index contributed by atoms with van der Waals surface area (Å²) in [6.45, 7) is 0.665. The number of hydrogen-bond acceptors (Lipinski definition) is 4. The molecule has 2 amide bonds. The van der Waals surface area contributed by atoms with Crippen LogP contribution in [0, 0.1) is 17.8 Å². The standard InChI is InChI=1S/C27H30N2O5/c30-25(29-18-7-5-6-16(12-18)26(31)32)23-13-17(23)14-28-27(33)34-15-24-21-10-3-1-8-19(21)20-9-2-4-11-22(20)24/h1-4,8-11,16-18,23-24H,5-7,12-15H2,(H,28,33)(H,29,30)(H,31,32)/t16-,17?,18+,23?/m1/s1. The molecule has 2 aromatic carbocycles. The third-order valence-electron chi connectivity index (χ3n) is 7.48. The van der Waals surface area contributed by atoms with Gasteiger partial charge in [-0.1, -0.05) is 55.0 Å². The average Bonchev–Trinajstić information content (AvgIpc) is 3.57. The molecule has 0 spiro atoms. The Morgan fingerprint density at radius 3 is 2.29 bits per heavy atom. The summed E-state index contributed by atoms with van der Waals surface area (Å²) in [5.41, 5.74) is 4.71. The van der Waals surface area contributed by atoms with E-state index < -0.39 is 12.1 Å². The lowest BCUT2D eigenvalue weighted by molar-refractivity contribution is -0.143. The average molecular weight is 463 g/mol. The molecule has 2 unspecified atom stereocenters. The summed E-state index contributed by atoms with van der Waals surface area (Å²) < 4.78 is 5.56. The molecule has 0 aromatic heterocycles. The second-order valence-electron chi connectivity index (χ2n) is 9.72. The van der Waals surface area contributed by atoms with E-state index in [1.165, 1.54) is 22.3 Å². The van der Waals surface area contributed by atoms with Crippen LogP contribution in [0.2, 0.25) is 0 Å². The maximum Gasteiger partial charge on any atom is 0.407 e. The number of carbonyl (C=O) groups is 3. The SMILES string of the molecule is O=C(NCC1CC1C(=O)N[C@H]1CCC[C@@H](C(=O)O)C1)OCC1c2ccccc2-c2ccccc21. The van der Waals surface area contributed by atoms with Gasteiger partial charge in [0.15, 0.2) is 0 Å². The molecule has 34 heavy (non-hydrogen) atoms. The number of fused-ring (bicyclic) bond motifs is 3.